The van der Waals surface area contributed by atoms with Gasteiger partial charge >= 0.3 is 5.97 Å². The number of fused-ring (bicyclic) bond motifs is 1. The van der Waals surface area contributed by atoms with E-state index in [1.165, 1.54) is 37.7 Å². The molecule has 3 heterocycles. The molecule has 134 valence electrons. The Morgan fingerprint density at radius 2 is 2.12 bits per heavy atom. The van der Waals surface area contributed by atoms with Crippen molar-refractivity contribution in [1.82, 2.24) is 24.5 Å². The van der Waals surface area contributed by atoms with Gasteiger partial charge < -0.3 is 5.11 Å². The minimum absolute atomic E-state index is 0.210. The Labute approximate surface area is 147 Å². The molecule has 0 bridgehead atoms. The van der Waals surface area contributed by atoms with Crippen molar-refractivity contribution in [2.75, 3.05) is 6.54 Å². The number of aryl methyl sites for hydroxylation is 1. The van der Waals surface area contributed by atoms with Gasteiger partial charge in [-0.15, -0.1) is 0 Å². The molecule has 25 heavy (non-hydrogen) atoms. The van der Waals surface area contributed by atoms with Crippen LogP contribution in [0.3, 0.4) is 0 Å². The second kappa shape index (κ2) is 6.63. The SMILES string of the molecule is Cn1nc(C(=O)O)c2c1CN(Cc1cnn(C3CCCCC3)c1)CC2. The lowest BCUT2D eigenvalue weighted by atomic mass is 9.96. The topological polar surface area (TPSA) is 76.2 Å². The van der Waals surface area contributed by atoms with Crippen LogP contribution >= 0.6 is 0 Å². The zero-order chi connectivity index (χ0) is 17.4. The number of carbonyl (C=O) groups is 1. The molecule has 7 nitrogen and oxygen atoms in total. The summed E-state index contributed by atoms with van der Waals surface area (Å²) in [5.74, 6) is -0.931. The van der Waals surface area contributed by atoms with Crippen molar-refractivity contribution in [3.8, 4) is 0 Å². The van der Waals surface area contributed by atoms with E-state index in [1.807, 2.05) is 13.2 Å². The molecule has 1 fully saturated rings. The summed E-state index contributed by atoms with van der Waals surface area (Å²) >= 11 is 0. The fourth-order valence-corrected chi connectivity index (χ4v) is 4.19. The Morgan fingerprint density at radius 1 is 1.32 bits per heavy atom. The molecule has 4 rings (SSSR count). The smallest absolute Gasteiger partial charge is 0.356 e. The van der Waals surface area contributed by atoms with Gasteiger partial charge in [0.1, 0.15) is 0 Å². The standard InChI is InChI=1S/C18H25N5O2/c1-21-16-12-22(8-7-15(16)17(20-21)18(24)25)10-13-9-19-23(11-13)14-5-3-2-4-6-14/h9,11,14H,2-8,10,12H2,1H3,(H,24,25). The maximum absolute atomic E-state index is 11.3. The van der Waals surface area contributed by atoms with Crippen molar-refractivity contribution in [2.45, 2.75) is 57.7 Å². The first-order valence-corrected chi connectivity index (χ1v) is 9.15. The van der Waals surface area contributed by atoms with Gasteiger partial charge in [-0.05, 0) is 19.3 Å². The van der Waals surface area contributed by atoms with Crippen molar-refractivity contribution in [3.63, 3.8) is 0 Å². The highest BCUT2D eigenvalue weighted by Gasteiger charge is 2.27. The van der Waals surface area contributed by atoms with E-state index in [2.05, 4.69) is 26.0 Å². The van der Waals surface area contributed by atoms with Gasteiger partial charge in [-0.3, -0.25) is 14.3 Å². The van der Waals surface area contributed by atoms with E-state index >= 15 is 0 Å². The van der Waals surface area contributed by atoms with Crippen molar-refractivity contribution >= 4 is 5.97 Å². The average Bonchev–Trinajstić information content (AvgIpc) is 3.21. The molecule has 1 N–H and O–H groups in total. The zero-order valence-electron chi connectivity index (χ0n) is 14.7. The normalized spacial score (nSPS) is 19.1. The van der Waals surface area contributed by atoms with Gasteiger partial charge in [0.05, 0.1) is 17.9 Å². The summed E-state index contributed by atoms with van der Waals surface area (Å²) in [6.07, 6.45) is 11.4. The monoisotopic (exact) mass is 343 g/mol. The van der Waals surface area contributed by atoms with Gasteiger partial charge in [0, 0.05) is 44.0 Å². The summed E-state index contributed by atoms with van der Waals surface area (Å²) in [6.45, 7) is 2.44. The Hall–Kier alpha value is -2.15. The van der Waals surface area contributed by atoms with E-state index in [9.17, 15) is 9.90 Å². The minimum Gasteiger partial charge on any atom is -0.476 e. The van der Waals surface area contributed by atoms with Gasteiger partial charge in [0.2, 0.25) is 0 Å². The first-order chi connectivity index (χ1) is 12.1. The van der Waals surface area contributed by atoms with E-state index in [0.717, 1.165) is 37.3 Å². The summed E-state index contributed by atoms with van der Waals surface area (Å²) in [6, 6.07) is 0.561. The number of rotatable bonds is 4. The molecule has 0 amide bonds. The number of carboxylic acids is 1. The highest BCUT2D eigenvalue weighted by atomic mass is 16.4. The van der Waals surface area contributed by atoms with Crippen molar-refractivity contribution in [1.29, 1.82) is 0 Å². The Morgan fingerprint density at radius 3 is 2.88 bits per heavy atom. The molecule has 0 spiro atoms. The number of hydrogen-bond acceptors (Lipinski definition) is 4. The molecule has 0 saturated heterocycles. The number of hydrogen-bond donors (Lipinski definition) is 1. The molecular weight excluding hydrogens is 318 g/mol. The molecule has 1 saturated carbocycles. The molecule has 2 aromatic rings. The van der Waals surface area contributed by atoms with Crippen LogP contribution in [0, 0.1) is 0 Å². The van der Waals surface area contributed by atoms with Crippen LogP contribution in [0.15, 0.2) is 12.4 Å². The van der Waals surface area contributed by atoms with Crippen LogP contribution in [-0.4, -0.2) is 42.1 Å². The molecule has 2 aromatic heterocycles. The highest BCUT2D eigenvalue weighted by molar-refractivity contribution is 5.87. The second-order valence-corrected chi connectivity index (χ2v) is 7.28. The number of carboxylic acid groups (broad SMARTS) is 1. The first kappa shape index (κ1) is 16.3. The summed E-state index contributed by atoms with van der Waals surface area (Å²) < 4.78 is 3.87. The Kier molecular flexibility index (Phi) is 4.33. The van der Waals surface area contributed by atoms with Crippen LogP contribution in [0.1, 0.15) is 65.5 Å². The van der Waals surface area contributed by atoms with Gasteiger partial charge in [0.15, 0.2) is 5.69 Å². The molecule has 0 unspecified atom stereocenters. The lowest BCUT2D eigenvalue weighted by Crippen LogP contribution is -2.31. The molecule has 0 radical (unpaired) electrons. The van der Waals surface area contributed by atoms with Crippen LogP contribution in [0.4, 0.5) is 0 Å². The summed E-state index contributed by atoms with van der Waals surface area (Å²) in [5, 5.41) is 18.0. The largest absolute Gasteiger partial charge is 0.476 e. The minimum atomic E-state index is -0.931. The molecule has 1 aliphatic carbocycles. The molecule has 0 atom stereocenters. The second-order valence-electron chi connectivity index (χ2n) is 7.28. The van der Waals surface area contributed by atoms with E-state index in [0.29, 0.717) is 6.04 Å². The Balaban J connectivity index is 1.44. The van der Waals surface area contributed by atoms with Crippen LogP contribution in [-0.2, 0) is 26.6 Å². The third-order valence-electron chi connectivity index (χ3n) is 5.54. The molecule has 0 aromatic carbocycles. The van der Waals surface area contributed by atoms with Gasteiger partial charge in [-0.2, -0.15) is 10.2 Å². The average molecular weight is 343 g/mol. The number of aromatic nitrogens is 4. The predicted molar refractivity (Wildman–Crippen MR) is 92.3 cm³/mol. The van der Waals surface area contributed by atoms with E-state index in [4.69, 9.17) is 0 Å². The molecule has 1 aliphatic heterocycles. The highest BCUT2D eigenvalue weighted by Crippen LogP contribution is 2.28. The van der Waals surface area contributed by atoms with Crippen molar-refractivity contribution < 1.29 is 9.90 Å². The lowest BCUT2D eigenvalue weighted by molar-refractivity contribution is 0.0688. The van der Waals surface area contributed by atoms with Crippen LogP contribution in [0.25, 0.3) is 0 Å². The van der Waals surface area contributed by atoms with E-state index < -0.39 is 5.97 Å². The van der Waals surface area contributed by atoms with Crippen LogP contribution in [0.5, 0.6) is 0 Å². The first-order valence-electron chi connectivity index (χ1n) is 9.15. The predicted octanol–water partition coefficient (Wildman–Crippen LogP) is 2.38. The molecule has 2 aliphatic rings. The van der Waals surface area contributed by atoms with Crippen molar-refractivity contribution in [3.05, 3.63) is 34.9 Å². The van der Waals surface area contributed by atoms with E-state index in [-0.39, 0.29) is 5.69 Å². The summed E-state index contributed by atoms with van der Waals surface area (Å²) in [7, 11) is 1.83. The fraction of sp³-hybridized carbons (Fsp3) is 0.611. The van der Waals surface area contributed by atoms with Crippen LogP contribution in [0.2, 0.25) is 0 Å². The maximum Gasteiger partial charge on any atom is 0.356 e. The lowest BCUT2D eigenvalue weighted by Gasteiger charge is -2.27. The van der Waals surface area contributed by atoms with Gasteiger partial charge in [-0.25, -0.2) is 4.79 Å². The van der Waals surface area contributed by atoms with Gasteiger partial charge in [0.25, 0.3) is 0 Å². The van der Waals surface area contributed by atoms with Crippen LogP contribution < -0.4 is 0 Å². The van der Waals surface area contributed by atoms with E-state index in [1.54, 1.807) is 4.68 Å². The fourth-order valence-electron chi connectivity index (χ4n) is 4.19. The molecular formula is C18H25N5O2. The number of nitrogens with zero attached hydrogens (tertiary/aromatic N) is 5. The summed E-state index contributed by atoms with van der Waals surface area (Å²) in [5.41, 5.74) is 3.35. The summed E-state index contributed by atoms with van der Waals surface area (Å²) in [4.78, 5) is 13.7. The third-order valence-corrected chi connectivity index (χ3v) is 5.54. The third kappa shape index (κ3) is 3.20. The van der Waals surface area contributed by atoms with Gasteiger partial charge in [-0.1, -0.05) is 19.3 Å². The quantitative estimate of drug-likeness (QED) is 0.922. The zero-order valence-corrected chi connectivity index (χ0v) is 14.7. The molecule has 7 heteroatoms. The Bertz CT molecular complexity index is 773. The number of aromatic carboxylic acids is 1. The maximum atomic E-state index is 11.3. The van der Waals surface area contributed by atoms with Crippen molar-refractivity contribution in [2.24, 2.45) is 7.05 Å².